The quantitative estimate of drug-likeness (QED) is 0.375. The Hall–Kier alpha value is -2.02. The van der Waals surface area contributed by atoms with Gasteiger partial charge < -0.3 is 4.42 Å². The normalized spacial score (nSPS) is 16.8. The van der Waals surface area contributed by atoms with Crippen LogP contribution < -0.4 is 0 Å². The van der Waals surface area contributed by atoms with Crippen molar-refractivity contribution in [2.45, 2.75) is 90.4 Å². The van der Waals surface area contributed by atoms with Crippen LogP contribution in [0.4, 0.5) is 0 Å². The second kappa shape index (κ2) is 8.78. The minimum Gasteiger partial charge on any atom is -0.456 e. The van der Waals surface area contributed by atoms with Crippen LogP contribution in [0.5, 0.6) is 0 Å². The molecule has 0 aliphatic carbocycles. The number of furan rings is 1. The molecule has 1 nitrogen and oxygen atoms in total. The number of aryl methyl sites for hydroxylation is 2. The summed E-state index contributed by atoms with van der Waals surface area (Å²) in [6.45, 7) is 6.92. The number of hydrogen-bond donors (Lipinski definition) is 0. The lowest BCUT2D eigenvalue weighted by Crippen LogP contribution is -2.11. The molecule has 2 aromatic carbocycles. The zero-order chi connectivity index (χ0) is 20.3. The van der Waals surface area contributed by atoms with Crippen LogP contribution in [0, 0.1) is 0 Å². The van der Waals surface area contributed by atoms with Crippen molar-refractivity contribution in [3.8, 4) is 11.3 Å². The van der Waals surface area contributed by atoms with E-state index >= 15 is 0 Å². The molecule has 1 aliphatic heterocycles. The summed E-state index contributed by atoms with van der Waals surface area (Å²) >= 11 is 0. The molecule has 1 aliphatic rings. The van der Waals surface area contributed by atoms with Crippen molar-refractivity contribution in [1.29, 1.82) is 0 Å². The Labute approximate surface area is 176 Å². The Morgan fingerprint density at radius 2 is 1.41 bits per heavy atom. The third-order valence-electron chi connectivity index (χ3n) is 6.43. The van der Waals surface area contributed by atoms with E-state index < -0.39 is 0 Å². The Bertz CT molecular complexity index is 954. The molecule has 4 rings (SSSR count). The molecular formula is C28H36O. The van der Waals surface area contributed by atoms with E-state index in [0.29, 0.717) is 0 Å². The van der Waals surface area contributed by atoms with Crippen LogP contribution in [0.3, 0.4) is 0 Å². The van der Waals surface area contributed by atoms with Crippen LogP contribution in [-0.4, -0.2) is 0 Å². The van der Waals surface area contributed by atoms with Crippen LogP contribution in [0.2, 0.25) is 0 Å². The number of fused-ring (bicyclic) bond motifs is 4. The van der Waals surface area contributed by atoms with Gasteiger partial charge in [-0.1, -0.05) is 83.6 Å². The lowest BCUT2D eigenvalue weighted by Gasteiger charge is -2.20. The van der Waals surface area contributed by atoms with Crippen LogP contribution in [-0.2, 0) is 18.3 Å². The van der Waals surface area contributed by atoms with Gasteiger partial charge in [-0.3, -0.25) is 0 Å². The lowest BCUT2D eigenvalue weighted by molar-refractivity contribution is 0.565. The molecule has 1 aromatic heterocycles. The molecule has 4 bridgehead atoms. The molecule has 29 heavy (non-hydrogen) atoms. The number of rotatable bonds is 0. The van der Waals surface area contributed by atoms with Gasteiger partial charge in [0, 0.05) is 10.9 Å². The average Bonchev–Trinajstić information content (AvgIpc) is 3.13. The van der Waals surface area contributed by atoms with Gasteiger partial charge in [0.2, 0.25) is 0 Å². The van der Waals surface area contributed by atoms with Gasteiger partial charge in [-0.25, -0.2) is 0 Å². The maximum Gasteiger partial charge on any atom is 0.138 e. The first kappa shape index (κ1) is 20.3. The van der Waals surface area contributed by atoms with Crippen molar-refractivity contribution in [2.24, 2.45) is 0 Å². The maximum atomic E-state index is 6.48. The van der Waals surface area contributed by atoms with Crippen LogP contribution in [0.15, 0.2) is 46.9 Å². The summed E-state index contributed by atoms with van der Waals surface area (Å²) in [4.78, 5) is 0. The van der Waals surface area contributed by atoms with Gasteiger partial charge in [0.05, 0.1) is 0 Å². The molecule has 0 saturated heterocycles. The summed E-state index contributed by atoms with van der Waals surface area (Å²) < 4.78 is 6.48. The average molecular weight is 389 g/mol. The largest absolute Gasteiger partial charge is 0.456 e. The SMILES string of the molecule is CC(C)(C)c1cc2c3oc(cc3c1)-c1cccc(c1)CCCCCCCCCC2. The predicted molar refractivity (Wildman–Crippen MR) is 125 cm³/mol. The highest BCUT2D eigenvalue weighted by atomic mass is 16.3. The first-order chi connectivity index (χ1) is 14.0. The smallest absolute Gasteiger partial charge is 0.138 e. The van der Waals surface area contributed by atoms with Gasteiger partial charge in [-0.05, 0) is 66.0 Å². The second-order valence-corrected chi connectivity index (χ2v) is 9.94. The molecule has 1 heteroatoms. The second-order valence-electron chi connectivity index (χ2n) is 9.94. The summed E-state index contributed by atoms with van der Waals surface area (Å²) in [7, 11) is 0. The van der Waals surface area contributed by atoms with E-state index in [2.05, 4.69) is 63.2 Å². The van der Waals surface area contributed by atoms with Crippen LogP contribution in [0.25, 0.3) is 22.3 Å². The summed E-state index contributed by atoms with van der Waals surface area (Å²) in [5.41, 5.74) is 6.70. The van der Waals surface area contributed by atoms with Crippen molar-refractivity contribution >= 4 is 11.0 Å². The van der Waals surface area contributed by atoms with Crippen molar-refractivity contribution in [3.05, 3.63) is 59.2 Å². The minimum atomic E-state index is 0.150. The molecule has 0 radical (unpaired) electrons. The Kier molecular flexibility index (Phi) is 6.13. The van der Waals surface area contributed by atoms with Crippen LogP contribution >= 0.6 is 0 Å². The van der Waals surface area contributed by atoms with Crippen molar-refractivity contribution in [1.82, 2.24) is 0 Å². The minimum absolute atomic E-state index is 0.150. The lowest BCUT2D eigenvalue weighted by atomic mass is 9.84. The Morgan fingerprint density at radius 1 is 0.724 bits per heavy atom. The molecule has 0 spiro atoms. The summed E-state index contributed by atoms with van der Waals surface area (Å²) in [5, 5.41) is 1.26. The molecule has 0 N–H and O–H groups in total. The highest BCUT2D eigenvalue weighted by Gasteiger charge is 2.19. The fourth-order valence-electron chi connectivity index (χ4n) is 4.57. The molecular weight excluding hydrogens is 352 g/mol. The van der Waals surface area contributed by atoms with Crippen molar-refractivity contribution in [3.63, 3.8) is 0 Å². The monoisotopic (exact) mass is 388 g/mol. The van der Waals surface area contributed by atoms with E-state index in [-0.39, 0.29) is 5.41 Å². The first-order valence-electron chi connectivity index (χ1n) is 11.7. The van der Waals surface area contributed by atoms with E-state index in [4.69, 9.17) is 4.42 Å². The molecule has 0 saturated carbocycles. The number of hydrogen-bond acceptors (Lipinski definition) is 1. The van der Waals surface area contributed by atoms with Crippen molar-refractivity contribution in [2.75, 3.05) is 0 Å². The molecule has 2 heterocycles. The van der Waals surface area contributed by atoms with E-state index in [1.807, 2.05) is 0 Å². The van der Waals surface area contributed by atoms with E-state index in [1.54, 1.807) is 0 Å². The van der Waals surface area contributed by atoms with Crippen LogP contribution in [0.1, 0.15) is 88.8 Å². The van der Waals surface area contributed by atoms with Crippen molar-refractivity contribution < 1.29 is 4.42 Å². The molecule has 3 aromatic rings. The van der Waals surface area contributed by atoms with Gasteiger partial charge >= 0.3 is 0 Å². The highest BCUT2D eigenvalue weighted by molar-refractivity contribution is 5.86. The summed E-state index contributed by atoms with van der Waals surface area (Å²) in [5.74, 6) is 1.01. The third-order valence-corrected chi connectivity index (χ3v) is 6.43. The molecule has 0 atom stereocenters. The highest BCUT2D eigenvalue weighted by Crippen LogP contribution is 2.35. The van der Waals surface area contributed by atoms with Gasteiger partial charge in [0.15, 0.2) is 0 Å². The van der Waals surface area contributed by atoms with E-state index in [1.165, 1.54) is 85.4 Å². The van der Waals surface area contributed by atoms with Gasteiger partial charge in [-0.15, -0.1) is 0 Å². The fourth-order valence-corrected chi connectivity index (χ4v) is 4.57. The summed E-state index contributed by atoms with van der Waals surface area (Å²) in [6, 6.07) is 16.0. The van der Waals surface area contributed by atoms with Gasteiger partial charge in [0.25, 0.3) is 0 Å². The molecule has 0 unspecified atom stereocenters. The predicted octanol–water partition coefficient (Wildman–Crippen LogP) is 8.62. The standard InChI is InChI=1S/C28H36O/c1-28(2,3)25-18-23-15-11-9-7-5-4-6-8-10-13-21-14-12-16-22(17-21)26-20-24(19-25)27(23)29-26/h12,14,16-20H,4-11,13,15H2,1-3H3. The molecule has 0 amide bonds. The Morgan fingerprint density at radius 3 is 2.14 bits per heavy atom. The zero-order valence-corrected chi connectivity index (χ0v) is 18.5. The Balaban J connectivity index is 1.76. The topological polar surface area (TPSA) is 13.1 Å². The first-order valence-corrected chi connectivity index (χ1v) is 11.7. The molecule has 154 valence electrons. The van der Waals surface area contributed by atoms with Gasteiger partial charge in [-0.2, -0.15) is 0 Å². The number of benzene rings is 2. The molecule has 0 fully saturated rings. The zero-order valence-electron chi connectivity index (χ0n) is 18.5. The third kappa shape index (κ3) is 4.94. The fraction of sp³-hybridized carbons (Fsp3) is 0.500. The van der Waals surface area contributed by atoms with E-state index in [0.717, 1.165) is 17.8 Å². The van der Waals surface area contributed by atoms with E-state index in [9.17, 15) is 0 Å². The summed E-state index contributed by atoms with van der Waals surface area (Å²) in [6.07, 6.45) is 13.1. The maximum absolute atomic E-state index is 6.48. The van der Waals surface area contributed by atoms with Gasteiger partial charge in [0.1, 0.15) is 11.3 Å².